The Labute approximate surface area is 99.8 Å². The third kappa shape index (κ3) is 1.73. The molecule has 2 aromatic rings. The van der Waals surface area contributed by atoms with E-state index >= 15 is 0 Å². The van der Waals surface area contributed by atoms with E-state index in [1.165, 1.54) is 34.8 Å². The number of fused-ring (bicyclic) bond motifs is 1. The molecule has 0 saturated carbocycles. The van der Waals surface area contributed by atoms with Crippen LogP contribution in [0.15, 0.2) is 18.2 Å². The molecule has 3 rings (SSSR count). The number of benzene rings is 1. The zero-order chi connectivity index (χ0) is 11.0. The first-order chi connectivity index (χ1) is 7.86. The van der Waals surface area contributed by atoms with E-state index in [4.69, 9.17) is 4.98 Å². The van der Waals surface area contributed by atoms with E-state index in [1.807, 2.05) is 11.8 Å². The third-order valence-corrected chi connectivity index (χ3v) is 4.45. The van der Waals surface area contributed by atoms with Gasteiger partial charge in [-0.1, -0.05) is 13.0 Å². The van der Waals surface area contributed by atoms with Crippen LogP contribution in [0.25, 0.3) is 11.0 Å². The number of aromatic nitrogens is 2. The van der Waals surface area contributed by atoms with Crippen LogP contribution in [0.2, 0.25) is 0 Å². The summed E-state index contributed by atoms with van der Waals surface area (Å²) in [7, 11) is 0. The van der Waals surface area contributed by atoms with Gasteiger partial charge in [-0.25, -0.2) is 4.98 Å². The van der Waals surface area contributed by atoms with Crippen molar-refractivity contribution in [3.63, 3.8) is 0 Å². The van der Waals surface area contributed by atoms with E-state index in [-0.39, 0.29) is 0 Å². The lowest BCUT2D eigenvalue weighted by Crippen LogP contribution is -1.98. The fourth-order valence-electron chi connectivity index (χ4n) is 2.24. The summed E-state index contributed by atoms with van der Waals surface area (Å²) in [6, 6.07) is 6.54. The summed E-state index contributed by atoms with van der Waals surface area (Å²) in [5, 5.41) is 0. The van der Waals surface area contributed by atoms with Crippen molar-refractivity contribution in [3.05, 3.63) is 29.6 Å². The lowest BCUT2D eigenvalue weighted by molar-refractivity contribution is 0.733. The van der Waals surface area contributed by atoms with Crippen LogP contribution >= 0.6 is 11.8 Å². The summed E-state index contributed by atoms with van der Waals surface area (Å²) in [6.07, 6.45) is 2.36. The number of rotatable bonds is 2. The SMILES string of the molecule is CCc1ccc2nc(C3CCSC3)[nH]c2c1. The fourth-order valence-corrected chi connectivity index (χ4v) is 3.47. The number of nitrogens with zero attached hydrogens (tertiary/aromatic N) is 1. The van der Waals surface area contributed by atoms with Gasteiger partial charge in [0.05, 0.1) is 11.0 Å². The van der Waals surface area contributed by atoms with Gasteiger partial charge in [0.15, 0.2) is 0 Å². The maximum Gasteiger partial charge on any atom is 0.111 e. The normalized spacial score (nSPS) is 20.7. The van der Waals surface area contributed by atoms with E-state index in [0.717, 1.165) is 11.9 Å². The van der Waals surface area contributed by atoms with Crippen LogP contribution in [0.3, 0.4) is 0 Å². The topological polar surface area (TPSA) is 28.7 Å². The molecule has 1 aliphatic heterocycles. The van der Waals surface area contributed by atoms with Crippen LogP contribution in [0.1, 0.15) is 30.7 Å². The fraction of sp³-hybridized carbons (Fsp3) is 0.462. The average molecular weight is 232 g/mol. The Kier molecular flexibility index (Phi) is 2.64. The van der Waals surface area contributed by atoms with Gasteiger partial charge in [-0.15, -0.1) is 0 Å². The number of hydrogen-bond acceptors (Lipinski definition) is 2. The molecule has 0 amide bonds. The summed E-state index contributed by atoms with van der Waals surface area (Å²) in [4.78, 5) is 8.19. The van der Waals surface area contributed by atoms with E-state index in [0.29, 0.717) is 5.92 Å². The minimum atomic E-state index is 0.641. The van der Waals surface area contributed by atoms with Gasteiger partial charge in [0.2, 0.25) is 0 Å². The van der Waals surface area contributed by atoms with Crippen molar-refractivity contribution in [2.24, 2.45) is 0 Å². The molecule has 1 fully saturated rings. The molecular weight excluding hydrogens is 216 g/mol. The minimum absolute atomic E-state index is 0.641. The standard InChI is InChI=1S/C13H16N2S/c1-2-9-3-4-11-12(7-9)15-13(14-11)10-5-6-16-8-10/h3-4,7,10H,2,5-6,8H2,1H3,(H,14,15). The number of H-pyrrole nitrogens is 1. The maximum absolute atomic E-state index is 4.70. The molecular formula is C13H16N2S. The van der Waals surface area contributed by atoms with Crippen LogP contribution in [0, 0.1) is 0 Å². The van der Waals surface area contributed by atoms with Crippen LogP contribution in [-0.4, -0.2) is 21.5 Å². The first-order valence-electron chi connectivity index (χ1n) is 5.93. The molecule has 2 nitrogen and oxygen atoms in total. The van der Waals surface area contributed by atoms with Gasteiger partial charge < -0.3 is 4.98 Å². The van der Waals surface area contributed by atoms with Crippen molar-refractivity contribution in [2.45, 2.75) is 25.7 Å². The summed E-state index contributed by atoms with van der Waals surface area (Å²) in [5.41, 5.74) is 3.69. The highest BCUT2D eigenvalue weighted by Gasteiger charge is 2.20. The average Bonchev–Trinajstić information content (AvgIpc) is 2.96. The number of aryl methyl sites for hydroxylation is 1. The highest BCUT2D eigenvalue weighted by molar-refractivity contribution is 7.99. The lowest BCUT2D eigenvalue weighted by Gasteiger charge is -2.01. The molecule has 1 unspecified atom stereocenters. The zero-order valence-corrected chi connectivity index (χ0v) is 10.3. The molecule has 0 radical (unpaired) electrons. The van der Waals surface area contributed by atoms with Gasteiger partial charge in [0.25, 0.3) is 0 Å². The molecule has 3 heteroatoms. The third-order valence-electron chi connectivity index (χ3n) is 3.29. The van der Waals surface area contributed by atoms with Crippen molar-refractivity contribution >= 4 is 22.8 Å². The van der Waals surface area contributed by atoms with E-state index in [9.17, 15) is 0 Å². The summed E-state index contributed by atoms with van der Waals surface area (Å²) < 4.78 is 0. The van der Waals surface area contributed by atoms with E-state index < -0.39 is 0 Å². The highest BCUT2D eigenvalue weighted by Crippen LogP contribution is 2.31. The monoisotopic (exact) mass is 232 g/mol. The Morgan fingerprint density at radius 1 is 1.50 bits per heavy atom. The number of imidazole rings is 1. The van der Waals surface area contributed by atoms with Crippen LogP contribution in [0.5, 0.6) is 0 Å². The first-order valence-corrected chi connectivity index (χ1v) is 7.08. The second kappa shape index (κ2) is 4.13. The number of hydrogen-bond donors (Lipinski definition) is 1. The summed E-state index contributed by atoms with van der Waals surface area (Å²) in [6.45, 7) is 2.19. The van der Waals surface area contributed by atoms with Crippen LogP contribution in [-0.2, 0) is 6.42 Å². The molecule has 1 aliphatic rings. The van der Waals surface area contributed by atoms with Crippen LogP contribution < -0.4 is 0 Å². The Morgan fingerprint density at radius 2 is 2.44 bits per heavy atom. The molecule has 1 saturated heterocycles. The molecule has 1 atom stereocenters. The first kappa shape index (κ1) is 10.2. The minimum Gasteiger partial charge on any atom is -0.342 e. The van der Waals surface area contributed by atoms with Gasteiger partial charge in [-0.2, -0.15) is 11.8 Å². The van der Waals surface area contributed by atoms with Gasteiger partial charge in [0.1, 0.15) is 5.82 Å². The molecule has 0 bridgehead atoms. The Bertz CT molecular complexity index is 498. The van der Waals surface area contributed by atoms with Gasteiger partial charge in [0, 0.05) is 11.7 Å². The van der Waals surface area contributed by atoms with Crippen molar-refractivity contribution in [2.75, 3.05) is 11.5 Å². The Morgan fingerprint density at radius 3 is 3.19 bits per heavy atom. The summed E-state index contributed by atoms with van der Waals surface area (Å²) >= 11 is 2.03. The number of aromatic amines is 1. The Balaban J connectivity index is 2.01. The quantitative estimate of drug-likeness (QED) is 0.860. The largest absolute Gasteiger partial charge is 0.342 e. The molecule has 0 spiro atoms. The number of nitrogens with one attached hydrogen (secondary N) is 1. The maximum atomic E-state index is 4.70. The van der Waals surface area contributed by atoms with Crippen molar-refractivity contribution in [1.29, 1.82) is 0 Å². The van der Waals surface area contributed by atoms with Crippen LogP contribution in [0.4, 0.5) is 0 Å². The van der Waals surface area contributed by atoms with Gasteiger partial charge >= 0.3 is 0 Å². The predicted molar refractivity (Wildman–Crippen MR) is 70.2 cm³/mol. The van der Waals surface area contributed by atoms with Crippen molar-refractivity contribution in [1.82, 2.24) is 9.97 Å². The molecule has 84 valence electrons. The predicted octanol–water partition coefficient (Wildman–Crippen LogP) is 3.35. The molecule has 1 aromatic carbocycles. The highest BCUT2D eigenvalue weighted by atomic mass is 32.2. The Hall–Kier alpha value is -0.960. The van der Waals surface area contributed by atoms with Crippen molar-refractivity contribution < 1.29 is 0 Å². The molecule has 1 N–H and O–H groups in total. The van der Waals surface area contributed by atoms with Gasteiger partial charge in [-0.05, 0) is 36.3 Å². The smallest absolute Gasteiger partial charge is 0.111 e. The molecule has 16 heavy (non-hydrogen) atoms. The van der Waals surface area contributed by atoms with E-state index in [1.54, 1.807) is 0 Å². The van der Waals surface area contributed by atoms with E-state index in [2.05, 4.69) is 30.1 Å². The molecule has 0 aliphatic carbocycles. The molecule has 2 heterocycles. The van der Waals surface area contributed by atoms with Crippen molar-refractivity contribution in [3.8, 4) is 0 Å². The second-order valence-corrected chi connectivity index (χ2v) is 5.54. The van der Waals surface area contributed by atoms with Gasteiger partial charge in [-0.3, -0.25) is 0 Å². The summed E-state index contributed by atoms with van der Waals surface area (Å²) in [5.74, 6) is 4.33. The number of thioether (sulfide) groups is 1. The lowest BCUT2D eigenvalue weighted by atomic mass is 10.1. The zero-order valence-electron chi connectivity index (χ0n) is 9.49. The second-order valence-electron chi connectivity index (χ2n) is 4.39. The molecule has 1 aromatic heterocycles.